The van der Waals surface area contributed by atoms with Crippen molar-refractivity contribution in [3.8, 4) is 5.88 Å². The molecule has 0 spiro atoms. The zero-order valence-corrected chi connectivity index (χ0v) is 9.28. The first-order chi connectivity index (χ1) is 8.08. The number of aromatic nitrogens is 1. The summed E-state index contributed by atoms with van der Waals surface area (Å²) in [5.41, 5.74) is 5.41. The predicted molar refractivity (Wildman–Crippen MR) is 61.2 cm³/mol. The maximum absolute atomic E-state index is 13.6. The molecule has 0 amide bonds. The molecule has 2 rings (SSSR count). The van der Waals surface area contributed by atoms with Gasteiger partial charge in [0.25, 0.3) is 5.92 Å². The molecule has 0 bridgehead atoms. The molecule has 0 aliphatic carbocycles. The smallest absolute Gasteiger partial charge is 0.290 e. The van der Waals surface area contributed by atoms with Crippen molar-refractivity contribution in [2.24, 2.45) is 5.73 Å². The third kappa shape index (κ3) is 2.06. The summed E-state index contributed by atoms with van der Waals surface area (Å²) in [6.07, 6.45) is 0. The van der Waals surface area contributed by atoms with Crippen LogP contribution < -0.4 is 10.5 Å². The Hall–Kier alpha value is -1.75. The maximum atomic E-state index is 13.6. The van der Waals surface area contributed by atoms with Crippen LogP contribution in [0.3, 0.4) is 0 Å². The fraction of sp³-hybridized carbons (Fsp3) is 0.250. The number of hydrogen-bond acceptors (Lipinski definition) is 3. The monoisotopic (exact) mass is 238 g/mol. The first-order valence-corrected chi connectivity index (χ1v) is 5.10. The van der Waals surface area contributed by atoms with Crippen LogP contribution in [0.5, 0.6) is 5.88 Å². The van der Waals surface area contributed by atoms with Gasteiger partial charge in [-0.25, -0.2) is 4.98 Å². The minimum Gasteiger partial charge on any atom is -0.481 e. The van der Waals surface area contributed by atoms with E-state index in [9.17, 15) is 8.78 Å². The molecule has 1 aromatic heterocycles. The van der Waals surface area contributed by atoms with E-state index in [0.29, 0.717) is 10.9 Å². The van der Waals surface area contributed by atoms with E-state index in [0.717, 1.165) is 0 Å². The van der Waals surface area contributed by atoms with Crippen LogP contribution >= 0.6 is 0 Å². The first kappa shape index (κ1) is 11.7. The zero-order valence-electron chi connectivity index (χ0n) is 9.28. The normalized spacial score (nSPS) is 11.8. The highest BCUT2D eigenvalue weighted by Crippen LogP contribution is 2.34. The van der Waals surface area contributed by atoms with Crippen molar-refractivity contribution in [3.63, 3.8) is 0 Å². The van der Waals surface area contributed by atoms with Gasteiger partial charge in [-0.05, 0) is 12.1 Å². The number of benzene rings is 1. The second-order valence-electron chi connectivity index (χ2n) is 3.65. The van der Waals surface area contributed by atoms with Gasteiger partial charge in [0.1, 0.15) is 0 Å². The molecule has 5 heteroatoms. The molecule has 0 fully saturated rings. The van der Waals surface area contributed by atoms with Gasteiger partial charge in [0, 0.05) is 5.39 Å². The summed E-state index contributed by atoms with van der Waals surface area (Å²) < 4.78 is 32.1. The molecular weight excluding hydrogens is 226 g/mol. The van der Waals surface area contributed by atoms with Gasteiger partial charge in [-0.2, -0.15) is 8.78 Å². The van der Waals surface area contributed by atoms with E-state index in [1.807, 2.05) is 0 Å². The van der Waals surface area contributed by atoms with E-state index in [2.05, 4.69) is 4.98 Å². The topological polar surface area (TPSA) is 48.1 Å². The third-order valence-electron chi connectivity index (χ3n) is 2.53. The highest BCUT2D eigenvalue weighted by molar-refractivity contribution is 5.80. The molecule has 2 N–H and O–H groups in total. The van der Waals surface area contributed by atoms with Crippen LogP contribution in [0.2, 0.25) is 0 Å². The van der Waals surface area contributed by atoms with Crippen LogP contribution in [0.15, 0.2) is 30.3 Å². The predicted octanol–water partition coefficient (Wildman–Crippen LogP) is 2.29. The SMILES string of the molecule is COc1nc2ccccc2cc1C(F)(F)CN. The highest BCUT2D eigenvalue weighted by atomic mass is 19.3. The van der Waals surface area contributed by atoms with Crippen molar-refractivity contribution in [1.29, 1.82) is 0 Å². The highest BCUT2D eigenvalue weighted by Gasteiger charge is 2.34. The van der Waals surface area contributed by atoms with E-state index in [4.69, 9.17) is 10.5 Å². The Morgan fingerprint density at radius 2 is 2.06 bits per heavy atom. The molecule has 0 saturated carbocycles. The van der Waals surface area contributed by atoms with Gasteiger partial charge in [0.05, 0.1) is 24.7 Å². The average molecular weight is 238 g/mol. The van der Waals surface area contributed by atoms with Crippen LogP contribution in [-0.2, 0) is 5.92 Å². The molecular formula is C12H12F2N2O. The molecule has 90 valence electrons. The summed E-state index contributed by atoms with van der Waals surface area (Å²) in [7, 11) is 1.31. The Balaban J connectivity index is 2.69. The molecule has 0 aliphatic rings. The lowest BCUT2D eigenvalue weighted by atomic mass is 10.1. The number of rotatable bonds is 3. The van der Waals surface area contributed by atoms with Gasteiger partial charge >= 0.3 is 0 Å². The lowest BCUT2D eigenvalue weighted by Crippen LogP contribution is -2.26. The molecule has 2 aromatic rings. The van der Waals surface area contributed by atoms with Crippen molar-refractivity contribution in [1.82, 2.24) is 4.98 Å². The van der Waals surface area contributed by atoms with Gasteiger partial charge in [-0.15, -0.1) is 0 Å². The third-order valence-corrected chi connectivity index (χ3v) is 2.53. The molecule has 0 radical (unpaired) electrons. The summed E-state index contributed by atoms with van der Waals surface area (Å²) in [5, 5.41) is 0.636. The fourth-order valence-corrected chi connectivity index (χ4v) is 1.63. The largest absolute Gasteiger partial charge is 0.481 e. The van der Waals surface area contributed by atoms with E-state index in [1.165, 1.54) is 13.2 Å². The summed E-state index contributed by atoms with van der Waals surface area (Å²) in [4.78, 5) is 4.05. The van der Waals surface area contributed by atoms with Crippen LogP contribution in [0.1, 0.15) is 5.56 Å². The van der Waals surface area contributed by atoms with Crippen LogP contribution in [0, 0.1) is 0 Å². The number of halogens is 2. The molecule has 3 nitrogen and oxygen atoms in total. The quantitative estimate of drug-likeness (QED) is 0.892. The fourth-order valence-electron chi connectivity index (χ4n) is 1.63. The van der Waals surface area contributed by atoms with Gasteiger partial charge in [-0.1, -0.05) is 18.2 Å². The molecule has 0 saturated heterocycles. The Morgan fingerprint density at radius 3 is 2.71 bits per heavy atom. The van der Waals surface area contributed by atoms with Crippen molar-refractivity contribution < 1.29 is 13.5 Å². The van der Waals surface area contributed by atoms with E-state index >= 15 is 0 Å². The Kier molecular flexibility index (Phi) is 2.93. The van der Waals surface area contributed by atoms with E-state index in [-0.39, 0.29) is 11.4 Å². The summed E-state index contributed by atoms with van der Waals surface area (Å²) >= 11 is 0. The van der Waals surface area contributed by atoms with Gasteiger partial charge in [-0.3, -0.25) is 0 Å². The lowest BCUT2D eigenvalue weighted by molar-refractivity contribution is 0.00331. The number of fused-ring (bicyclic) bond motifs is 1. The standard InChI is InChI=1S/C12H12F2N2O/c1-17-11-9(12(13,14)7-15)6-8-4-2-3-5-10(8)16-11/h2-6H,7,15H2,1H3. The molecule has 17 heavy (non-hydrogen) atoms. The molecule has 0 unspecified atom stereocenters. The van der Waals surface area contributed by atoms with E-state index < -0.39 is 12.5 Å². The molecule has 0 atom stereocenters. The van der Waals surface area contributed by atoms with Crippen LogP contribution in [0.25, 0.3) is 10.9 Å². The van der Waals surface area contributed by atoms with Gasteiger partial charge in [0.15, 0.2) is 0 Å². The number of nitrogens with zero attached hydrogens (tertiary/aromatic N) is 1. The molecule has 1 heterocycles. The van der Waals surface area contributed by atoms with Crippen LogP contribution in [0.4, 0.5) is 8.78 Å². The number of hydrogen-bond donors (Lipinski definition) is 1. The molecule has 1 aromatic carbocycles. The number of alkyl halides is 2. The minimum absolute atomic E-state index is 0.0841. The summed E-state index contributed by atoms with van der Waals surface area (Å²) in [6.45, 7) is -0.774. The number of nitrogens with two attached hydrogens (primary N) is 1. The Bertz CT molecular complexity index is 543. The van der Waals surface area contributed by atoms with Gasteiger partial charge in [0.2, 0.25) is 5.88 Å². The average Bonchev–Trinajstić information content (AvgIpc) is 2.37. The minimum atomic E-state index is -3.14. The maximum Gasteiger partial charge on any atom is 0.290 e. The van der Waals surface area contributed by atoms with Gasteiger partial charge < -0.3 is 10.5 Å². The van der Waals surface area contributed by atoms with Crippen molar-refractivity contribution in [2.45, 2.75) is 5.92 Å². The second kappa shape index (κ2) is 4.25. The zero-order chi connectivity index (χ0) is 12.5. The summed E-state index contributed by atoms with van der Waals surface area (Å²) in [6, 6.07) is 8.38. The Labute approximate surface area is 97.2 Å². The number of methoxy groups -OCH3 is 1. The number of para-hydroxylation sites is 1. The molecule has 0 aliphatic heterocycles. The second-order valence-corrected chi connectivity index (χ2v) is 3.65. The van der Waals surface area contributed by atoms with E-state index in [1.54, 1.807) is 24.3 Å². The Morgan fingerprint density at radius 1 is 1.35 bits per heavy atom. The summed E-state index contributed by atoms with van der Waals surface area (Å²) in [5.74, 6) is -3.22. The van der Waals surface area contributed by atoms with Crippen molar-refractivity contribution in [2.75, 3.05) is 13.7 Å². The number of pyridine rings is 1. The van der Waals surface area contributed by atoms with Crippen molar-refractivity contribution >= 4 is 10.9 Å². The first-order valence-electron chi connectivity index (χ1n) is 5.10. The van der Waals surface area contributed by atoms with Crippen LogP contribution in [-0.4, -0.2) is 18.6 Å². The lowest BCUT2D eigenvalue weighted by Gasteiger charge is -2.17. The number of ether oxygens (including phenoxy) is 1. The van der Waals surface area contributed by atoms with Crippen molar-refractivity contribution in [3.05, 3.63) is 35.9 Å².